The largest absolute Gasteiger partial charge is 0.374 e. The van der Waals surface area contributed by atoms with Gasteiger partial charge in [0.05, 0.1) is 22.8 Å². The van der Waals surface area contributed by atoms with Crippen molar-refractivity contribution in [3.8, 4) is 11.4 Å². The molecule has 2 aromatic carbocycles. The molecule has 162 valence electrons. The Hall–Kier alpha value is -2.52. The maximum atomic E-state index is 12.3. The van der Waals surface area contributed by atoms with Crippen molar-refractivity contribution in [1.29, 1.82) is 0 Å². The number of rotatable bonds is 7. The Morgan fingerprint density at radius 1 is 1.16 bits per heavy atom. The van der Waals surface area contributed by atoms with E-state index in [9.17, 15) is 4.79 Å². The van der Waals surface area contributed by atoms with E-state index in [1.165, 1.54) is 4.80 Å². The van der Waals surface area contributed by atoms with Crippen molar-refractivity contribution in [2.75, 3.05) is 26.2 Å². The van der Waals surface area contributed by atoms with Crippen LogP contribution in [0.4, 0.5) is 0 Å². The number of hydrogen-bond acceptors (Lipinski definition) is 6. The number of nitrogens with one attached hydrogen (secondary N) is 1. The highest BCUT2D eigenvalue weighted by molar-refractivity contribution is 6.42. The van der Waals surface area contributed by atoms with Crippen LogP contribution in [0.25, 0.3) is 11.4 Å². The highest BCUT2D eigenvalue weighted by Crippen LogP contribution is 2.26. The van der Waals surface area contributed by atoms with E-state index in [1.54, 1.807) is 6.07 Å². The summed E-state index contributed by atoms with van der Waals surface area (Å²) in [6, 6.07) is 15.1. The van der Waals surface area contributed by atoms with E-state index < -0.39 is 0 Å². The maximum Gasteiger partial charge on any atom is 0.243 e. The molecule has 31 heavy (non-hydrogen) atoms. The number of halogens is 2. The molecule has 4 rings (SSSR count). The second-order valence-corrected chi connectivity index (χ2v) is 8.04. The van der Waals surface area contributed by atoms with Crippen LogP contribution in [-0.4, -0.2) is 63.4 Å². The number of ether oxygens (including phenoxy) is 1. The monoisotopic (exact) mass is 460 g/mol. The molecule has 0 aliphatic carbocycles. The number of hydrogen-bond donors (Lipinski definition) is 1. The first-order valence-corrected chi connectivity index (χ1v) is 10.7. The van der Waals surface area contributed by atoms with Gasteiger partial charge in [0.15, 0.2) is 0 Å². The summed E-state index contributed by atoms with van der Waals surface area (Å²) < 4.78 is 5.80. The molecule has 1 fully saturated rings. The summed E-state index contributed by atoms with van der Waals surface area (Å²) in [6.45, 7) is 3.14. The molecule has 1 atom stereocenters. The number of nitrogens with zero attached hydrogens (tertiary/aromatic N) is 5. The number of benzene rings is 2. The molecule has 0 spiro atoms. The number of morpholine rings is 1. The Labute approximate surface area is 190 Å². The minimum absolute atomic E-state index is 0.00557. The SMILES string of the molecule is O=C(Cn1nnc(-c2ccccc2)n1)NC[C@H]1CN(Cc2cccc(Cl)c2Cl)CCO1. The number of tetrazole rings is 1. The van der Waals surface area contributed by atoms with Crippen LogP contribution in [0.1, 0.15) is 5.56 Å². The van der Waals surface area contributed by atoms with Crippen LogP contribution in [0, 0.1) is 0 Å². The minimum Gasteiger partial charge on any atom is -0.374 e. The summed E-state index contributed by atoms with van der Waals surface area (Å²) >= 11 is 12.4. The molecular weight excluding hydrogens is 439 g/mol. The number of carbonyl (C=O) groups is 1. The van der Waals surface area contributed by atoms with Crippen LogP contribution in [0.2, 0.25) is 10.0 Å². The first-order valence-electron chi connectivity index (χ1n) is 9.95. The average Bonchev–Trinajstić information content (AvgIpc) is 3.25. The summed E-state index contributed by atoms with van der Waals surface area (Å²) in [7, 11) is 0. The van der Waals surface area contributed by atoms with Gasteiger partial charge in [-0.1, -0.05) is 65.7 Å². The molecule has 0 saturated carbocycles. The van der Waals surface area contributed by atoms with E-state index in [2.05, 4.69) is 25.6 Å². The van der Waals surface area contributed by atoms with Gasteiger partial charge in [-0.25, -0.2) is 0 Å². The molecule has 0 radical (unpaired) electrons. The molecule has 10 heteroatoms. The summed E-state index contributed by atoms with van der Waals surface area (Å²) in [6.07, 6.45) is -0.112. The molecule has 2 heterocycles. The quantitative estimate of drug-likeness (QED) is 0.583. The van der Waals surface area contributed by atoms with Crippen LogP contribution in [0.3, 0.4) is 0 Å². The predicted octanol–water partition coefficient (Wildman–Crippen LogP) is 2.66. The topological polar surface area (TPSA) is 85.2 Å². The first kappa shape index (κ1) is 21.7. The van der Waals surface area contributed by atoms with Gasteiger partial charge in [-0.05, 0) is 16.8 Å². The molecule has 0 unspecified atom stereocenters. The highest BCUT2D eigenvalue weighted by Gasteiger charge is 2.22. The zero-order chi connectivity index (χ0) is 21.6. The van der Waals surface area contributed by atoms with Crippen LogP contribution in [0.5, 0.6) is 0 Å². The molecule has 1 saturated heterocycles. The summed E-state index contributed by atoms with van der Waals surface area (Å²) in [5, 5.41) is 16.2. The zero-order valence-corrected chi connectivity index (χ0v) is 18.3. The van der Waals surface area contributed by atoms with Gasteiger partial charge in [0.25, 0.3) is 0 Å². The Morgan fingerprint density at radius 2 is 2.00 bits per heavy atom. The standard InChI is InChI=1S/C21H22Cl2N6O2/c22-18-8-4-7-16(20(18)23)12-28-9-10-31-17(13-28)11-24-19(30)14-29-26-21(25-27-29)15-5-2-1-3-6-15/h1-8,17H,9-14H2,(H,24,30)/t17-/m0/s1. The number of amides is 1. The first-order chi connectivity index (χ1) is 15.1. The van der Waals surface area contributed by atoms with Gasteiger partial charge in [-0.15, -0.1) is 10.2 Å². The van der Waals surface area contributed by atoms with Crippen molar-refractivity contribution in [2.45, 2.75) is 19.2 Å². The van der Waals surface area contributed by atoms with Crippen molar-refractivity contribution >= 4 is 29.1 Å². The zero-order valence-electron chi connectivity index (χ0n) is 16.7. The molecule has 1 aliphatic heterocycles. The fraction of sp³-hybridized carbons (Fsp3) is 0.333. The van der Waals surface area contributed by atoms with Crippen molar-refractivity contribution in [2.24, 2.45) is 0 Å². The van der Waals surface area contributed by atoms with Crippen LogP contribution < -0.4 is 5.32 Å². The summed E-state index contributed by atoms with van der Waals surface area (Å²) in [5.41, 5.74) is 1.83. The van der Waals surface area contributed by atoms with Gasteiger partial charge in [-0.2, -0.15) is 4.80 Å². The van der Waals surface area contributed by atoms with Gasteiger partial charge in [0.1, 0.15) is 6.54 Å². The average molecular weight is 461 g/mol. The summed E-state index contributed by atoms with van der Waals surface area (Å²) in [4.78, 5) is 15.8. The second kappa shape index (κ2) is 10.2. The lowest BCUT2D eigenvalue weighted by molar-refractivity contribution is -0.123. The molecule has 8 nitrogen and oxygen atoms in total. The fourth-order valence-corrected chi connectivity index (χ4v) is 3.76. The Kier molecular flexibility index (Phi) is 7.14. The van der Waals surface area contributed by atoms with E-state index in [1.807, 2.05) is 42.5 Å². The van der Waals surface area contributed by atoms with Gasteiger partial charge in [-0.3, -0.25) is 9.69 Å². The smallest absolute Gasteiger partial charge is 0.243 e. The lowest BCUT2D eigenvalue weighted by atomic mass is 10.2. The highest BCUT2D eigenvalue weighted by atomic mass is 35.5. The Morgan fingerprint density at radius 3 is 2.84 bits per heavy atom. The second-order valence-electron chi connectivity index (χ2n) is 7.25. The normalized spacial score (nSPS) is 16.9. The predicted molar refractivity (Wildman–Crippen MR) is 118 cm³/mol. The molecule has 3 aromatic rings. The fourth-order valence-electron chi connectivity index (χ4n) is 3.38. The summed E-state index contributed by atoms with van der Waals surface area (Å²) in [5.74, 6) is 0.287. The van der Waals surface area contributed by atoms with Crippen LogP contribution >= 0.6 is 23.2 Å². The van der Waals surface area contributed by atoms with Crippen molar-refractivity contribution in [3.63, 3.8) is 0 Å². The number of aromatic nitrogens is 4. The van der Waals surface area contributed by atoms with Gasteiger partial charge >= 0.3 is 0 Å². The molecule has 1 aromatic heterocycles. The van der Waals surface area contributed by atoms with Crippen molar-refractivity contribution < 1.29 is 9.53 Å². The third-order valence-corrected chi connectivity index (χ3v) is 5.80. The molecule has 1 aliphatic rings. The third kappa shape index (κ3) is 5.80. The molecule has 0 bridgehead atoms. The van der Waals surface area contributed by atoms with E-state index in [-0.39, 0.29) is 18.6 Å². The van der Waals surface area contributed by atoms with Gasteiger partial charge in [0.2, 0.25) is 11.7 Å². The van der Waals surface area contributed by atoms with Crippen LogP contribution in [-0.2, 0) is 22.6 Å². The minimum atomic E-state index is -0.198. The maximum absolute atomic E-state index is 12.3. The van der Waals surface area contributed by atoms with E-state index in [0.29, 0.717) is 42.1 Å². The number of carbonyl (C=O) groups excluding carboxylic acids is 1. The van der Waals surface area contributed by atoms with Crippen molar-refractivity contribution in [3.05, 3.63) is 64.1 Å². The van der Waals surface area contributed by atoms with Gasteiger partial charge < -0.3 is 10.1 Å². The molecular formula is C21H22Cl2N6O2. The van der Waals surface area contributed by atoms with E-state index >= 15 is 0 Å². The van der Waals surface area contributed by atoms with Crippen LogP contribution in [0.15, 0.2) is 48.5 Å². The lowest BCUT2D eigenvalue weighted by Gasteiger charge is -2.33. The molecule has 1 amide bonds. The van der Waals surface area contributed by atoms with Gasteiger partial charge in [0, 0.05) is 31.7 Å². The molecule has 1 N–H and O–H groups in total. The Bertz CT molecular complexity index is 1030. The van der Waals surface area contributed by atoms with Crippen molar-refractivity contribution in [1.82, 2.24) is 30.4 Å². The Balaban J connectivity index is 1.25. The van der Waals surface area contributed by atoms with E-state index in [0.717, 1.165) is 17.7 Å². The third-order valence-electron chi connectivity index (χ3n) is 4.95. The lowest BCUT2D eigenvalue weighted by Crippen LogP contribution is -2.47. The van der Waals surface area contributed by atoms with E-state index in [4.69, 9.17) is 27.9 Å².